The zero-order valence-corrected chi connectivity index (χ0v) is 26.5. The monoisotopic (exact) mass is 698 g/mol. The topological polar surface area (TPSA) is 184 Å². The Morgan fingerprint density at radius 3 is 1.69 bits per heavy atom. The van der Waals surface area contributed by atoms with Crippen LogP contribution in [0.5, 0.6) is 0 Å². The molecule has 0 aromatic carbocycles. The number of nitrogens with zero attached hydrogens (tertiary/aromatic N) is 4. The van der Waals surface area contributed by atoms with Gasteiger partial charge in [-0.1, -0.05) is 0 Å². The van der Waals surface area contributed by atoms with E-state index in [4.69, 9.17) is 4.74 Å². The number of alkyl halides is 6. The molecular weight excluding hydrogens is 662 g/mol. The minimum Gasteiger partial charge on any atom is -0.465 e. The second kappa shape index (κ2) is 16.6. The molecule has 2 aromatic rings. The van der Waals surface area contributed by atoms with Gasteiger partial charge in [0.05, 0.1) is 29.9 Å². The number of hydrogen-bond donors (Lipinski definition) is 3. The van der Waals surface area contributed by atoms with Gasteiger partial charge in [0, 0.05) is 39.3 Å². The molecule has 2 amide bonds. The Hall–Kier alpha value is -4.49. The van der Waals surface area contributed by atoms with Crippen molar-refractivity contribution < 1.29 is 64.9 Å². The van der Waals surface area contributed by atoms with Gasteiger partial charge in [0.15, 0.2) is 17.4 Å². The number of hydrogen-bond acceptors (Lipinski definition) is 10. The Balaban J connectivity index is 0.000000296. The average molecular weight is 699 g/mol. The number of halogens is 6. The number of aliphatic hydroxyl groups is 1. The summed E-state index contributed by atoms with van der Waals surface area (Å²) in [5, 5.41) is 21.0. The number of esters is 2. The molecule has 268 valence electrons. The first kappa shape index (κ1) is 39.7. The van der Waals surface area contributed by atoms with E-state index >= 15 is 0 Å². The van der Waals surface area contributed by atoms with Gasteiger partial charge < -0.3 is 25.2 Å². The number of nitrogens with one attached hydrogen (secondary N) is 2. The first-order chi connectivity index (χ1) is 22.2. The first-order valence-corrected chi connectivity index (χ1v) is 14.6. The molecule has 1 unspecified atom stereocenters. The van der Waals surface area contributed by atoms with E-state index in [-0.39, 0.29) is 26.1 Å². The molecule has 2 heterocycles. The summed E-state index contributed by atoms with van der Waals surface area (Å²) in [5.41, 5.74) is -5.52. The molecule has 2 aliphatic rings. The lowest BCUT2D eigenvalue weighted by molar-refractivity contribution is -0.158. The number of ether oxygens (including phenoxy) is 2. The molecule has 0 bridgehead atoms. The lowest BCUT2D eigenvalue weighted by Gasteiger charge is -2.41. The maximum absolute atomic E-state index is 13.0. The minimum absolute atomic E-state index is 0.0159. The molecule has 0 radical (unpaired) electrons. The molecule has 0 aliphatic heterocycles. The highest BCUT2D eigenvalue weighted by atomic mass is 19.4. The molecule has 3 N–H and O–H groups in total. The second-order valence-corrected chi connectivity index (χ2v) is 10.6. The summed E-state index contributed by atoms with van der Waals surface area (Å²) in [6, 6.07) is -1.43. The Morgan fingerprint density at radius 2 is 1.33 bits per heavy atom. The number of amides is 2. The molecule has 20 heteroatoms. The first-order valence-electron chi connectivity index (χ1n) is 14.6. The van der Waals surface area contributed by atoms with Crippen molar-refractivity contribution in [3.63, 3.8) is 0 Å². The number of carbonyl (C=O) groups excluding carboxylic acids is 5. The third kappa shape index (κ3) is 11.1. The zero-order valence-electron chi connectivity index (χ0n) is 26.5. The molecule has 1 atom stereocenters. The van der Waals surface area contributed by atoms with Crippen LogP contribution in [0.4, 0.5) is 26.3 Å². The molecule has 2 aromatic heterocycles. The van der Waals surface area contributed by atoms with E-state index in [2.05, 4.69) is 20.3 Å². The number of aryl methyl sites for hydroxylation is 2. The smallest absolute Gasteiger partial charge is 0.435 e. The van der Waals surface area contributed by atoms with E-state index in [0.717, 1.165) is 41.0 Å². The third-order valence-corrected chi connectivity index (χ3v) is 6.85. The minimum atomic E-state index is -4.82. The van der Waals surface area contributed by atoms with Gasteiger partial charge in [-0.25, -0.2) is 4.79 Å². The predicted octanol–water partition coefficient (Wildman–Crippen LogP) is 2.49. The van der Waals surface area contributed by atoms with Crippen molar-refractivity contribution in [2.45, 2.75) is 76.4 Å². The van der Waals surface area contributed by atoms with Gasteiger partial charge in [-0.3, -0.25) is 28.5 Å². The van der Waals surface area contributed by atoms with Crippen LogP contribution in [-0.2, 0) is 50.3 Å². The van der Waals surface area contributed by atoms with Gasteiger partial charge in [-0.15, -0.1) is 0 Å². The predicted molar refractivity (Wildman–Crippen MR) is 151 cm³/mol. The van der Waals surface area contributed by atoms with Crippen molar-refractivity contribution in [1.82, 2.24) is 30.2 Å². The van der Waals surface area contributed by atoms with Crippen molar-refractivity contribution in [3.8, 4) is 0 Å². The summed E-state index contributed by atoms with van der Waals surface area (Å²) in [6.45, 7) is 2.75. The number of aromatic nitrogens is 4. The summed E-state index contributed by atoms with van der Waals surface area (Å²) < 4.78 is 87.7. The molecule has 2 fully saturated rings. The van der Waals surface area contributed by atoms with Crippen LogP contribution in [0.15, 0.2) is 12.4 Å². The number of rotatable bonds is 9. The lowest BCUT2D eigenvalue weighted by Crippen LogP contribution is -2.60. The summed E-state index contributed by atoms with van der Waals surface area (Å²) in [7, 11) is 2.51. The van der Waals surface area contributed by atoms with Crippen molar-refractivity contribution in [2.75, 3.05) is 19.8 Å². The Bertz CT molecular complexity index is 1460. The highest BCUT2D eigenvalue weighted by Crippen LogP contribution is 2.36. The fraction of sp³-hybridized carbons (Fsp3) is 0.607. The molecule has 14 nitrogen and oxygen atoms in total. The summed E-state index contributed by atoms with van der Waals surface area (Å²) in [6.07, 6.45) is -3.75. The van der Waals surface area contributed by atoms with Crippen LogP contribution < -0.4 is 10.6 Å². The van der Waals surface area contributed by atoms with E-state index in [9.17, 15) is 55.4 Å². The Kier molecular flexibility index (Phi) is 13.7. The molecule has 0 spiro atoms. The summed E-state index contributed by atoms with van der Waals surface area (Å²) in [5.74, 6) is -3.36. The van der Waals surface area contributed by atoms with E-state index in [1.165, 1.54) is 14.1 Å². The average Bonchev–Trinajstić information content (AvgIpc) is 3.56. The highest BCUT2D eigenvalue weighted by Gasteiger charge is 2.49. The van der Waals surface area contributed by atoms with E-state index in [0.29, 0.717) is 12.2 Å². The van der Waals surface area contributed by atoms with Crippen molar-refractivity contribution in [2.24, 2.45) is 14.1 Å². The van der Waals surface area contributed by atoms with E-state index in [1.807, 2.05) is 5.32 Å². The Labute approximate surface area is 270 Å². The molecule has 2 saturated carbocycles. The number of Topliss-reactive ketones (excluding diaryl/α,β-unsaturated/α-hetero) is 1. The maximum atomic E-state index is 13.0. The largest absolute Gasteiger partial charge is 0.465 e. The number of ketones is 1. The Morgan fingerprint density at radius 1 is 0.875 bits per heavy atom. The van der Waals surface area contributed by atoms with Crippen molar-refractivity contribution >= 4 is 29.5 Å². The number of carbonyl (C=O) groups is 5. The fourth-order valence-electron chi connectivity index (χ4n) is 4.18. The second-order valence-electron chi connectivity index (χ2n) is 10.6. The van der Waals surface area contributed by atoms with E-state index < -0.39 is 76.8 Å². The summed E-state index contributed by atoms with van der Waals surface area (Å²) in [4.78, 5) is 56.7. The van der Waals surface area contributed by atoms with Crippen LogP contribution >= 0.6 is 0 Å². The standard InChI is InChI=1S/C14H18F3N3O4.C10H12F3N3O3.C4H6O/c1-3-24-12(22)10(13(23)5-4-6-13)18-11(21)8-7-20(2)19-9(8)14(15,16)17;1-3-19-7(17)4-14-9(18)6-5-16(2)15-8(6)10(11,12)13;5-4-2-1-3-4/h7,10,23H,3-6H2,1-2H3,(H,18,21);5H,3-4H2,1-2H3,(H,14,18);1-3H2. The van der Waals surface area contributed by atoms with Gasteiger partial charge in [0.25, 0.3) is 11.8 Å². The SMILES string of the molecule is CCOC(=O)C(NC(=O)c1cn(C)nc1C(F)(F)F)C1(O)CCC1.CCOC(=O)CNC(=O)c1cn(C)nc1C(F)(F)F.O=C1CCC1. The molecule has 4 rings (SSSR count). The molecular formula is C28H36F6N6O8. The van der Waals surface area contributed by atoms with E-state index in [1.54, 1.807) is 13.8 Å². The molecule has 2 aliphatic carbocycles. The van der Waals surface area contributed by atoms with Crippen LogP contribution in [0, 0.1) is 0 Å². The molecule has 48 heavy (non-hydrogen) atoms. The highest BCUT2D eigenvalue weighted by molar-refractivity contribution is 5.98. The van der Waals surface area contributed by atoms with Crippen LogP contribution in [-0.4, -0.2) is 85.6 Å². The lowest BCUT2D eigenvalue weighted by atomic mass is 9.74. The third-order valence-electron chi connectivity index (χ3n) is 6.85. The van der Waals surface area contributed by atoms with Gasteiger partial charge in [-0.2, -0.15) is 36.5 Å². The normalized spacial score (nSPS) is 15.6. The van der Waals surface area contributed by atoms with Gasteiger partial charge in [-0.05, 0) is 39.5 Å². The van der Waals surface area contributed by atoms with Gasteiger partial charge in [0.1, 0.15) is 12.3 Å². The quantitative estimate of drug-likeness (QED) is 0.260. The van der Waals surface area contributed by atoms with Crippen LogP contribution in [0.25, 0.3) is 0 Å². The van der Waals surface area contributed by atoms with Crippen molar-refractivity contribution in [1.29, 1.82) is 0 Å². The maximum Gasteiger partial charge on any atom is 0.435 e. The van der Waals surface area contributed by atoms with Crippen LogP contribution in [0.1, 0.15) is 84.5 Å². The zero-order chi connectivity index (χ0) is 36.4. The molecule has 0 saturated heterocycles. The van der Waals surface area contributed by atoms with Crippen LogP contribution in [0.3, 0.4) is 0 Å². The van der Waals surface area contributed by atoms with Gasteiger partial charge >= 0.3 is 24.3 Å². The van der Waals surface area contributed by atoms with Gasteiger partial charge in [0.2, 0.25) is 0 Å². The fourth-order valence-corrected chi connectivity index (χ4v) is 4.18. The summed E-state index contributed by atoms with van der Waals surface area (Å²) >= 11 is 0. The van der Waals surface area contributed by atoms with Crippen molar-refractivity contribution in [3.05, 3.63) is 34.9 Å². The van der Waals surface area contributed by atoms with Crippen LogP contribution in [0.2, 0.25) is 0 Å².